The SMILES string of the molecule is Cc1noc(CCNC(C)c2ccc(C(F)(F)F)cc2)n1. The second kappa shape index (κ2) is 6.26. The summed E-state index contributed by atoms with van der Waals surface area (Å²) in [5, 5.41) is 6.89. The summed E-state index contributed by atoms with van der Waals surface area (Å²) in [5.41, 5.74) is 0.157. The Morgan fingerprint density at radius 2 is 1.90 bits per heavy atom. The van der Waals surface area contributed by atoms with Gasteiger partial charge in [0, 0.05) is 19.0 Å². The van der Waals surface area contributed by atoms with Crippen LogP contribution in [0.2, 0.25) is 0 Å². The molecular weight excluding hydrogens is 283 g/mol. The van der Waals surface area contributed by atoms with Crippen molar-refractivity contribution >= 4 is 0 Å². The van der Waals surface area contributed by atoms with Gasteiger partial charge in [-0.1, -0.05) is 17.3 Å². The van der Waals surface area contributed by atoms with Crippen LogP contribution in [0.3, 0.4) is 0 Å². The lowest BCUT2D eigenvalue weighted by molar-refractivity contribution is -0.137. The van der Waals surface area contributed by atoms with Crippen molar-refractivity contribution in [3.63, 3.8) is 0 Å². The maximum Gasteiger partial charge on any atom is 0.416 e. The number of benzene rings is 1. The quantitative estimate of drug-likeness (QED) is 0.920. The fourth-order valence-corrected chi connectivity index (χ4v) is 1.92. The average molecular weight is 299 g/mol. The molecule has 2 rings (SSSR count). The summed E-state index contributed by atoms with van der Waals surface area (Å²) in [7, 11) is 0. The Morgan fingerprint density at radius 3 is 2.43 bits per heavy atom. The summed E-state index contributed by atoms with van der Waals surface area (Å²) in [4.78, 5) is 4.08. The fourth-order valence-electron chi connectivity index (χ4n) is 1.92. The third-order valence-electron chi connectivity index (χ3n) is 3.10. The Balaban J connectivity index is 1.87. The standard InChI is InChI=1S/C14H16F3N3O/c1-9(18-8-7-13-19-10(2)20-21-13)11-3-5-12(6-4-11)14(15,16)17/h3-6,9,18H,7-8H2,1-2H3. The Hall–Kier alpha value is -1.89. The molecule has 0 saturated carbocycles. The molecule has 0 saturated heterocycles. The summed E-state index contributed by atoms with van der Waals surface area (Å²) < 4.78 is 42.4. The number of nitrogens with one attached hydrogen (secondary N) is 1. The minimum absolute atomic E-state index is 0.0590. The van der Waals surface area contributed by atoms with Crippen LogP contribution in [-0.4, -0.2) is 16.7 Å². The maximum absolute atomic E-state index is 12.5. The van der Waals surface area contributed by atoms with Gasteiger partial charge in [-0.15, -0.1) is 0 Å². The summed E-state index contributed by atoms with van der Waals surface area (Å²) in [5.74, 6) is 1.13. The van der Waals surface area contributed by atoms with E-state index in [0.717, 1.165) is 17.7 Å². The van der Waals surface area contributed by atoms with Gasteiger partial charge < -0.3 is 9.84 Å². The highest BCUT2D eigenvalue weighted by atomic mass is 19.4. The summed E-state index contributed by atoms with van der Waals surface area (Å²) in [6.45, 7) is 4.23. The molecule has 4 nitrogen and oxygen atoms in total. The van der Waals surface area contributed by atoms with Gasteiger partial charge in [0.25, 0.3) is 0 Å². The van der Waals surface area contributed by atoms with Crippen LogP contribution in [-0.2, 0) is 12.6 Å². The smallest absolute Gasteiger partial charge is 0.339 e. The van der Waals surface area contributed by atoms with E-state index >= 15 is 0 Å². The van der Waals surface area contributed by atoms with Crippen molar-refractivity contribution in [2.45, 2.75) is 32.5 Å². The van der Waals surface area contributed by atoms with Crippen LogP contribution in [0.4, 0.5) is 13.2 Å². The Bertz CT molecular complexity index is 578. The highest BCUT2D eigenvalue weighted by Gasteiger charge is 2.30. The number of nitrogens with zero attached hydrogens (tertiary/aromatic N) is 2. The lowest BCUT2D eigenvalue weighted by Gasteiger charge is -2.14. The molecule has 1 unspecified atom stereocenters. The second-order valence-corrected chi connectivity index (χ2v) is 4.78. The molecule has 0 bridgehead atoms. The Kier molecular flexibility index (Phi) is 4.62. The normalized spacial score (nSPS) is 13.4. The number of rotatable bonds is 5. The van der Waals surface area contributed by atoms with Gasteiger partial charge >= 0.3 is 6.18 Å². The van der Waals surface area contributed by atoms with Gasteiger partial charge in [0.1, 0.15) is 0 Å². The number of hydrogen-bond acceptors (Lipinski definition) is 4. The first-order valence-electron chi connectivity index (χ1n) is 6.56. The highest BCUT2D eigenvalue weighted by molar-refractivity contribution is 5.26. The first-order chi connectivity index (χ1) is 9.86. The van der Waals surface area contributed by atoms with E-state index in [4.69, 9.17) is 4.52 Å². The predicted octanol–water partition coefficient (Wildman–Crippen LogP) is 3.29. The van der Waals surface area contributed by atoms with Crippen LogP contribution in [0.25, 0.3) is 0 Å². The van der Waals surface area contributed by atoms with Crippen molar-refractivity contribution < 1.29 is 17.7 Å². The van der Waals surface area contributed by atoms with Crippen molar-refractivity contribution in [3.8, 4) is 0 Å². The highest BCUT2D eigenvalue weighted by Crippen LogP contribution is 2.29. The van der Waals surface area contributed by atoms with Gasteiger partial charge in [0.05, 0.1) is 5.56 Å². The van der Waals surface area contributed by atoms with E-state index in [1.54, 1.807) is 6.92 Å². The van der Waals surface area contributed by atoms with E-state index in [2.05, 4.69) is 15.5 Å². The van der Waals surface area contributed by atoms with E-state index < -0.39 is 11.7 Å². The molecule has 21 heavy (non-hydrogen) atoms. The van der Waals surface area contributed by atoms with Gasteiger partial charge in [0.15, 0.2) is 5.82 Å². The van der Waals surface area contributed by atoms with Gasteiger partial charge in [0.2, 0.25) is 5.89 Å². The van der Waals surface area contributed by atoms with Crippen molar-refractivity contribution in [2.75, 3.05) is 6.54 Å². The zero-order valence-corrected chi connectivity index (χ0v) is 11.7. The first kappa shape index (κ1) is 15.5. The first-order valence-corrected chi connectivity index (χ1v) is 6.56. The zero-order valence-electron chi connectivity index (χ0n) is 11.7. The molecule has 0 fully saturated rings. The third-order valence-corrected chi connectivity index (χ3v) is 3.10. The summed E-state index contributed by atoms with van der Waals surface area (Å²) in [6, 6.07) is 5.09. The van der Waals surface area contributed by atoms with Crippen molar-refractivity contribution in [3.05, 3.63) is 47.1 Å². The molecule has 0 aliphatic rings. The average Bonchev–Trinajstić information content (AvgIpc) is 2.83. The number of alkyl halides is 3. The van der Waals surface area contributed by atoms with Crippen molar-refractivity contribution in [2.24, 2.45) is 0 Å². The molecule has 1 N–H and O–H groups in total. The Labute approximate surface area is 120 Å². The molecule has 1 aromatic heterocycles. The molecule has 0 radical (unpaired) electrons. The summed E-state index contributed by atoms with van der Waals surface area (Å²) in [6.07, 6.45) is -3.73. The molecule has 1 atom stereocenters. The lowest BCUT2D eigenvalue weighted by atomic mass is 10.1. The van der Waals surface area contributed by atoms with Crippen molar-refractivity contribution in [1.82, 2.24) is 15.5 Å². The van der Waals surface area contributed by atoms with Crippen LogP contribution in [0.15, 0.2) is 28.8 Å². The molecule has 1 aromatic carbocycles. The Morgan fingerprint density at radius 1 is 1.24 bits per heavy atom. The third kappa shape index (κ3) is 4.29. The van der Waals surface area contributed by atoms with E-state index in [-0.39, 0.29) is 6.04 Å². The number of hydrogen-bond donors (Lipinski definition) is 1. The van der Waals surface area contributed by atoms with Gasteiger partial charge in [-0.3, -0.25) is 0 Å². The molecule has 0 aliphatic heterocycles. The van der Waals surface area contributed by atoms with Crippen LogP contribution < -0.4 is 5.32 Å². The van der Waals surface area contributed by atoms with E-state index in [9.17, 15) is 13.2 Å². The second-order valence-electron chi connectivity index (χ2n) is 4.78. The molecule has 1 heterocycles. The van der Waals surface area contributed by atoms with Crippen LogP contribution in [0.5, 0.6) is 0 Å². The predicted molar refractivity (Wildman–Crippen MR) is 70.6 cm³/mol. The van der Waals surface area contributed by atoms with Crippen LogP contribution >= 0.6 is 0 Å². The van der Waals surface area contributed by atoms with Crippen LogP contribution in [0.1, 0.15) is 35.8 Å². The topological polar surface area (TPSA) is 51.0 Å². The zero-order chi connectivity index (χ0) is 15.5. The molecular formula is C14H16F3N3O. The maximum atomic E-state index is 12.5. The van der Waals surface area contributed by atoms with E-state index in [0.29, 0.717) is 24.7 Å². The minimum atomic E-state index is -4.30. The largest absolute Gasteiger partial charge is 0.416 e. The van der Waals surface area contributed by atoms with E-state index in [1.807, 2.05) is 6.92 Å². The lowest BCUT2D eigenvalue weighted by Crippen LogP contribution is -2.21. The molecule has 114 valence electrons. The summed E-state index contributed by atoms with van der Waals surface area (Å²) >= 11 is 0. The van der Waals surface area contributed by atoms with Gasteiger partial charge in [-0.2, -0.15) is 18.2 Å². The number of aryl methyl sites for hydroxylation is 1. The van der Waals surface area contributed by atoms with Crippen molar-refractivity contribution in [1.29, 1.82) is 0 Å². The van der Waals surface area contributed by atoms with E-state index in [1.165, 1.54) is 12.1 Å². The molecule has 7 heteroatoms. The van der Waals surface area contributed by atoms with Crippen LogP contribution in [0, 0.1) is 6.92 Å². The molecule has 0 aliphatic carbocycles. The number of halogens is 3. The minimum Gasteiger partial charge on any atom is -0.339 e. The molecule has 0 spiro atoms. The fraction of sp³-hybridized carbons (Fsp3) is 0.429. The molecule has 2 aromatic rings. The van der Waals surface area contributed by atoms with Gasteiger partial charge in [-0.25, -0.2) is 0 Å². The molecule has 0 amide bonds. The number of aromatic nitrogens is 2. The monoisotopic (exact) mass is 299 g/mol. The van der Waals surface area contributed by atoms with Gasteiger partial charge in [-0.05, 0) is 31.5 Å².